The van der Waals surface area contributed by atoms with Crippen LogP contribution in [0.4, 0.5) is 5.69 Å². The Balaban J connectivity index is 2.01. The van der Waals surface area contributed by atoms with Crippen LogP contribution in [0.5, 0.6) is 0 Å². The number of aromatic amines is 1. The summed E-state index contributed by atoms with van der Waals surface area (Å²) in [5.41, 5.74) is 0.926. The van der Waals surface area contributed by atoms with Crippen molar-refractivity contribution < 1.29 is 14.7 Å². The number of halogens is 1. The van der Waals surface area contributed by atoms with E-state index in [1.54, 1.807) is 24.8 Å². The van der Waals surface area contributed by atoms with Crippen LogP contribution in [0, 0.1) is 13.8 Å². The first-order chi connectivity index (χ1) is 12.3. The minimum Gasteiger partial charge on any atom is -0.375 e. The Morgan fingerprint density at radius 3 is 2.73 bits per heavy atom. The third-order valence-corrected chi connectivity index (χ3v) is 5.35. The van der Waals surface area contributed by atoms with Crippen molar-refractivity contribution in [1.82, 2.24) is 10.2 Å². The van der Waals surface area contributed by atoms with E-state index in [0.29, 0.717) is 34.7 Å². The standard InChI is InChI=1S/C19H22BrN3O3/c1-4-5-8-23-15-7-6-13(20)9-14(15)19(26,18(23)25)10-16(24)17-11(2)21-22-12(17)3/h6-7,9,26H,4-5,8,10H2,1-3H3,(H,21,22). The number of nitrogens with zero attached hydrogens (tertiary/aromatic N) is 2. The monoisotopic (exact) mass is 419 g/mol. The highest BCUT2D eigenvalue weighted by Crippen LogP contribution is 2.44. The van der Waals surface area contributed by atoms with Gasteiger partial charge in [-0.15, -0.1) is 0 Å². The molecule has 26 heavy (non-hydrogen) atoms. The second kappa shape index (κ2) is 6.96. The Kier molecular flexibility index (Phi) is 5.03. The number of Topliss-reactive ketones (excluding diaryl/α,β-unsaturated/α-hetero) is 1. The Morgan fingerprint density at radius 2 is 2.12 bits per heavy atom. The molecule has 2 N–H and O–H groups in total. The molecule has 0 bridgehead atoms. The first kappa shape index (κ1) is 18.8. The number of fused-ring (bicyclic) bond motifs is 1. The number of carbonyl (C=O) groups is 2. The van der Waals surface area contributed by atoms with E-state index < -0.39 is 11.5 Å². The Hall–Kier alpha value is -1.99. The van der Waals surface area contributed by atoms with Crippen LogP contribution in [0.25, 0.3) is 0 Å². The molecule has 0 radical (unpaired) electrons. The molecule has 7 heteroatoms. The Morgan fingerprint density at radius 1 is 1.38 bits per heavy atom. The zero-order chi connectivity index (χ0) is 19.1. The van der Waals surface area contributed by atoms with Gasteiger partial charge in [-0.1, -0.05) is 29.3 Å². The van der Waals surface area contributed by atoms with E-state index in [9.17, 15) is 14.7 Å². The van der Waals surface area contributed by atoms with Gasteiger partial charge in [0, 0.05) is 22.3 Å². The van der Waals surface area contributed by atoms with E-state index in [0.717, 1.165) is 17.3 Å². The van der Waals surface area contributed by atoms with Crippen LogP contribution in [-0.4, -0.2) is 33.5 Å². The van der Waals surface area contributed by atoms with Crippen molar-refractivity contribution in [2.75, 3.05) is 11.4 Å². The normalized spacial score (nSPS) is 19.1. The summed E-state index contributed by atoms with van der Waals surface area (Å²) in [5.74, 6) is -0.737. The van der Waals surface area contributed by atoms with E-state index in [1.807, 2.05) is 19.1 Å². The predicted molar refractivity (Wildman–Crippen MR) is 102 cm³/mol. The molecule has 1 aromatic carbocycles. The highest BCUT2D eigenvalue weighted by Gasteiger charge is 2.51. The summed E-state index contributed by atoms with van der Waals surface area (Å²) in [7, 11) is 0. The number of rotatable bonds is 6. The lowest BCUT2D eigenvalue weighted by molar-refractivity contribution is -0.135. The number of unbranched alkanes of at least 4 members (excludes halogenated alkanes) is 1. The summed E-state index contributed by atoms with van der Waals surface area (Å²) in [5, 5.41) is 18.1. The summed E-state index contributed by atoms with van der Waals surface area (Å²) in [4.78, 5) is 27.5. The number of aliphatic hydroxyl groups is 1. The average Bonchev–Trinajstić information content (AvgIpc) is 3.02. The molecule has 1 aliphatic heterocycles. The molecule has 1 aliphatic rings. The third kappa shape index (κ3) is 2.99. The number of nitrogens with one attached hydrogen (secondary N) is 1. The molecule has 138 valence electrons. The van der Waals surface area contributed by atoms with Gasteiger partial charge in [0.25, 0.3) is 5.91 Å². The SMILES string of the molecule is CCCCN1C(=O)C(O)(CC(=O)c2c(C)n[nH]c2C)c2cc(Br)ccc21. The maximum Gasteiger partial charge on any atom is 0.264 e. The minimum atomic E-state index is -1.86. The zero-order valence-corrected chi connectivity index (χ0v) is 16.7. The van der Waals surface area contributed by atoms with Crippen LogP contribution in [0.2, 0.25) is 0 Å². The molecule has 2 aromatic rings. The molecular weight excluding hydrogens is 398 g/mol. The van der Waals surface area contributed by atoms with Gasteiger partial charge in [-0.2, -0.15) is 5.10 Å². The van der Waals surface area contributed by atoms with Crippen molar-refractivity contribution in [2.45, 2.75) is 45.6 Å². The molecule has 1 unspecified atom stereocenters. The van der Waals surface area contributed by atoms with Gasteiger partial charge in [0.05, 0.1) is 23.4 Å². The lowest BCUT2D eigenvalue weighted by Gasteiger charge is -2.22. The Bertz CT molecular complexity index is 857. The van der Waals surface area contributed by atoms with Crippen molar-refractivity contribution >= 4 is 33.3 Å². The largest absolute Gasteiger partial charge is 0.375 e. The maximum atomic E-state index is 13.1. The first-order valence-electron chi connectivity index (χ1n) is 8.68. The summed E-state index contributed by atoms with van der Waals surface area (Å²) in [6, 6.07) is 5.37. The number of H-pyrrole nitrogens is 1. The number of anilines is 1. The van der Waals surface area contributed by atoms with Gasteiger partial charge < -0.3 is 10.0 Å². The van der Waals surface area contributed by atoms with Gasteiger partial charge in [-0.05, 0) is 38.5 Å². The van der Waals surface area contributed by atoms with E-state index in [1.165, 1.54) is 0 Å². The van der Waals surface area contributed by atoms with Crippen molar-refractivity contribution in [1.29, 1.82) is 0 Å². The topological polar surface area (TPSA) is 86.3 Å². The number of amides is 1. The molecule has 0 saturated heterocycles. The van der Waals surface area contributed by atoms with Crippen LogP contribution < -0.4 is 4.90 Å². The number of aryl methyl sites for hydroxylation is 2. The van der Waals surface area contributed by atoms with Crippen LogP contribution in [0.3, 0.4) is 0 Å². The van der Waals surface area contributed by atoms with Gasteiger partial charge in [0.1, 0.15) is 0 Å². The number of hydrogen-bond acceptors (Lipinski definition) is 4. The van der Waals surface area contributed by atoms with Crippen molar-refractivity contribution in [3.63, 3.8) is 0 Å². The van der Waals surface area contributed by atoms with Crippen LogP contribution in [0.1, 0.15) is 53.5 Å². The first-order valence-corrected chi connectivity index (χ1v) is 9.48. The molecule has 1 aromatic heterocycles. The quantitative estimate of drug-likeness (QED) is 0.702. The number of carbonyl (C=O) groups excluding carboxylic acids is 2. The van der Waals surface area contributed by atoms with E-state index in [4.69, 9.17) is 0 Å². The third-order valence-electron chi connectivity index (χ3n) is 4.85. The molecule has 3 rings (SSSR count). The second-order valence-electron chi connectivity index (χ2n) is 6.74. The van der Waals surface area contributed by atoms with E-state index in [-0.39, 0.29) is 12.2 Å². The molecule has 0 saturated carbocycles. The van der Waals surface area contributed by atoms with Gasteiger partial charge in [-0.3, -0.25) is 14.7 Å². The molecule has 0 fully saturated rings. The average molecular weight is 420 g/mol. The minimum absolute atomic E-state index is 0.298. The van der Waals surface area contributed by atoms with Gasteiger partial charge in [-0.25, -0.2) is 0 Å². The Labute approximate surface area is 160 Å². The smallest absolute Gasteiger partial charge is 0.264 e. The lowest BCUT2D eigenvalue weighted by Crippen LogP contribution is -2.42. The highest BCUT2D eigenvalue weighted by molar-refractivity contribution is 9.10. The molecule has 0 aliphatic carbocycles. The van der Waals surface area contributed by atoms with E-state index in [2.05, 4.69) is 26.1 Å². The molecule has 1 atom stereocenters. The maximum absolute atomic E-state index is 13.1. The van der Waals surface area contributed by atoms with Crippen molar-refractivity contribution in [3.05, 3.63) is 45.2 Å². The number of aromatic nitrogens is 2. The highest BCUT2D eigenvalue weighted by atomic mass is 79.9. The number of benzene rings is 1. The fraction of sp³-hybridized carbons (Fsp3) is 0.421. The van der Waals surface area contributed by atoms with Crippen molar-refractivity contribution in [2.24, 2.45) is 0 Å². The van der Waals surface area contributed by atoms with Crippen LogP contribution in [0.15, 0.2) is 22.7 Å². The summed E-state index contributed by atoms with van der Waals surface area (Å²) < 4.78 is 0.753. The summed E-state index contributed by atoms with van der Waals surface area (Å²) >= 11 is 3.40. The fourth-order valence-electron chi connectivity index (χ4n) is 3.51. The number of ketones is 1. The molecule has 0 spiro atoms. The zero-order valence-electron chi connectivity index (χ0n) is 15.1. The van der Waals surface area contributed by atoms with Crippen LogP contribution >= 0.6 is 15.9 Å². The number of hydrogen-bond donors (Lipinski definition) is 2. The van der Waals surface area contributed by atoms with Crippen molar-refractivity contribution in [3.8, 4) is 0 Å². The van der Waals surface area contributed by atoms with Gasteiger partial charge in [0.15, 0.2) is 11.4 Å². The van der Waals surface area contributed by atoms with Gasteiger partial charge >= 0.3 is 0 Å². The lowest BCUT2D eigenvalue weighted by atomic mass is 9.87. The molecule has 6 nitrogen and oxygen atoms in total. The summed E-state index contributed by atoms with van der Waals surface area (Å²) in [6.07, 6.45) is 1.45. The van der Waals surface area contributed by atoms with Gasteiger partial charge in [0.2, 0.25) is 0 Å². The molecular formula is C19H22BrN3O3. The molecule has 1 amide bonds. The summed E-state index contributed by atoms with van der Waals surface area (Å²) in [6.45, 7) is 6.05. The second-order valence-corrected chi connectivity index (χ2v) is 7.66. The predicted octanol–water partition coefficient (Wildman–Crippen LogP) is 3.40. The van der Waals surface area contributed by atoms with Crippen LogP contribution in [-0.2, 0) is 10.4 Å². The fourth-order valence-corrected chi connectivity index (χ4v) is 3.88. The van der Waals surface area contributed by atoms with E-state index >= 15 is 0 Å². The molecule has 2 heterocycles.